The Bertz CT molecular complexity index is 2270. The molecule has 0 saturated carbocycles. The van der Waals surface area contributed by atoms with E-state index in [1.807, 2.05) is 68.4 Å². The summed E-state index contributed by atoms with van der Waals surface area (Å²) in [6.45, 7) is 7.53. The Labute approximate surface area is 324 Å². The summed E-state index contributed by atoms with van der Waals surface area (Å²) in [6.07, 6.45) is -0.634. The van der Waals surface area contributed by atoms with Crippen LogP contribution in [-0.4, -0.2) is 76.8 Å². The van der Waals surface area contributed by atoms with Crippen LogP contribution in [0.15, 0.2) is 66.7 Å². The fourth-order valence-electron chi connectivity index (χ4n) is 8.42. The lowest BCUT2D eigenvalue weighted by molar-refractivity contribution is -0.155. The van der Waals surface area contributed by atoms with E-state index in [0.717, 1.165) is 64.9 Å². The molecule has 2 saturated heterocycles. The molecule has 286 valence electrons. The number of hydrogen-bond acceptors (Lipinski definition) is 9. The summed E-state index contributed by atoms with van der Waals surface area (Å²) in [5.74, 6) is 0.342. The van der Waals surface area contributed by atoms with E-state index in [2.05, 4.69) is 37.2 Å². The standard InChI is InChI=1S/C43H44ClF2N5O4/c1-4-55-43(53)28-21-51(22-28)36-14-12-26-18-27(19-37(54-3)38(26)36)31-8-5-9-32(39(31)44)30-7-6-10-34(24(30)2)47-41-33-13-11-25(20-50-16-15-29(52)23-50)17-35(33)48-42(49-41)40(45)46/h5-11,13,17-19,28-29,36,40,52H,4,12,14-16,20-23H2,1-3H3,(H,47,48,49). The number of aliphatic hydroxyl groups is 1. The van der Waals surface area contributed by atoms with Gasteiger partial charge in [0.15, 0.2) is 5.82 Å². The second-order valence-electron chi connectivity index (χ2n) is 14.7. The van der Waals surface area contributed by atoms with Gasteiger partial charge in [-0.05, 0) is 85.2 Å². The lowest BCUT2D eigenvalue weighted by Gasteiger charge is -2.42. The molecule has 2 atom stereocenters. The van der Waals surface area contributed by atoms with Gasteiger partial charge in [0.1, 0.15) is 11.6 Å². The second-order valence-corrected chi connectivity index (χ2v) is 15.1. The summed E-state index contributed by atoms with van der Waals surface area (Å²) >= 11 is 7.27. The van der Waals surface area contributed by atoms with Crippen LogP contribution in [0.4, 0.5) is 20.3 Å². The smallest absolute Gasteiger partial charge is 0.311 e. The quantitative estimate of drug-likeness (QED) is 0.128. The molecule has 0 bridgehead atoms. The zero-order valence-electron chi connectivity index (χ0n) is 31.1. The SMILES string of the molecule is CCOC(=O)C1CN(C2CCc3cc(-c4cccc(-c5cccc(Nc6nc(C(F)F)nc7cc(CN8CCC(O)C8)ccc67)c5C)c4Cl)cc(OC)c32)C1. The van der Waals surface area contributed by atoms with E-state index in [9.17, 15) is 18.7 Å². The number of halogens is 3. The number of fused-ring (bicyclic) bond motifs is 2. The molecule has 0 radical (unpaired) electrons. The zero-order valence-corrected chi connectivity index (χ0v) is 31.9. The number of ether oxygens (including phenoxy) is 2. The Morgan fingerprint density at radius 2 is 1.80 bits per heavy atom. The van der Waals surface area contributed by atoms with Gasteiger partial charge < -0.3 is 19.9 Å². The van der Waals surface area contributed by atoms with Crippen molar-refractivity contribution in [2.24, 2.45) is 5.92 Å². The maximum Gasteiger partial charge on any atom is 0.311 e. The van der Waals surface area contributed by atoms with Crippen LogP contribution in [-0.2, 0) is 22.5 Å². The second kappa shape index (κ2) is 15.5. The third-order valence-corrected chi connectivity index (χ3v) is 11.7. The fraction of sp³-hybridized carbons (Fsp3) is 0.372. The first-order chi connectivity index (χ1) is 26.6. The zero-order chi connectivity index (χ0) is 38.4. The Balaban J connectivity index is 1.08. The summed E-state index contributed by atoms with van der Waals surface area (Å²) in [5, 5.41) is 14.5. The van der Waals surface area contributed by atoms with Gasteiger partial charge in [-0.15, -0.1) is 0 Å². The molecule has 2 unspecified atom stereocenters. The normalized spacial score (nSPS) is 18.8. The first-order valence-corrected chi connectivity index (χ1v) is 19.3. The van der Waals surface area contributed by atoms with Gasteiger partial charge in [0.05, 0.1) is 36.3 Å². The number of carbonyl (C=O) groups excluding carboxylic acids is 1. The molecule has 1 aromatic heterocycles. The predicted octanol–water partition coefficient (Wildman–Crippen LogP) is 8.66. The number of carbonyl (C=O) groups is 1. The van der Waals surface area contributed by atoms with Crippen molar-refractivity contribution in [2.45, 2.75) is 58.2 Å². The minimum Gasteiger partial charge on any atom is -0.496 e. The Kier molecular flexibility index (Phi) is 10.5. The highest BCUT2D eigenvalue weighted by atomic mass is 35.5. The molecule has 5 aromatic rings. The molecule has 55 heavy (non-hydrogen) atoms. The van der Waals surface area contributed by atoms with Crippen LogP contribution < -0.4 is 10.1 Å². The molecule has 3 aliphatic rings. The number of aryl methyl sites for hydroxylation is 1. The molecule has 0 amide bonds. The van der Waals surface area contributed by atoms with E-state index in [1.165, 1.54) is 11.1 Å². The highest BCUT2D eigenvalue weighted by molar-refractivity contribution is 6.36. The fourth-order valence-corrected chi connectivity index (χ4v) is 8.76. The number of aliphatic hydroxyl groups excluding tert-OH is 1. The number of esters is 1. The third-order valence-electron chi connectivity index (χ3n) is 11.3. The van der Waals surface area contributed by atoms with E-state index in [4.69, 9.17) is 21.1 Å². The van der Waals surface area contributed by atoms with Crippen LogP contribution in [0.5, 0.6) is 5.75 Å². The van der Waals surface area contributed by atoms with Crippen molar-refractivity contribution in [1.82, 2.24) is 19.8 Å². The van der Waals surface area contributed by atoms with Crippen LogP contribution in [0, 0.1) is 12.8 Å². The summed E-state index contributed by atoms with van der Waals surface area (Å²) in [4.78, 5) is 25.2. The molecule has 8 rings (SSSR count). The van der Waals surface area contributed by atoms with Crippen molar-refractivity contribution < 1.29 is 28.2 Å². The van der Waals surface area contributed by atoms with Crippen molar-refractivity contribution in [2.75, 3.05) is 45.2 Å². The highest BCUT2D eigenvalue weighted by Gasteiger charge is 2.41. The number of anilines is 2. The van der Waals surface area contributed by atoms with Crippen LogP contribution >= 0.6 is 11.6 Å². The largest absolute Gasteiger partial charge is 0.496 e. The molecule has 12 heteroatoms. The van der Waals surface area contributed by atoms with Gasteiger partial charge >= 0.3 is 5.97 Å². The van der Waals surface area contributed by atoms with Crippen LogP contribution in [0.1, 0.15) is 60.3 Å². The van der Waals surface area contributed by atoms with Gasteiger partial charge in [-0.2, -0.15) is 0 Å². The molecular formula is C43H44ClF2N5O4. The molecule has 3 heterocycles. The summed E-state index contributed by atoms with van der Waals surface area (Å²) in [5.41, 5.74) is 8.87. The van der Waals surface area contributed by atoms with Crippen molar-refractivity contribution >= 4 is 40.0 Å². The van der Waals surface area contributed by atoms with E-state index in [1.54, 1.807) is 7.11 Å². The number of benzene rings is 4. The highest BCUT2D eigenvalue weighted by Crippen LogP contribution is 2.48. The van der Waals surface area contributed by atoms with Crippen molar-refractivity contribution in [3.63, 3.8) is 0 Å². The number of nitrogens with zero attached hydrogens (tertiary/aromatic N) is 4. The van der Waals surface area contributed by atoms with Gasteiger partial charge in [-0.25, -0.2) is 18.7 Å². The molecule has 2 aliphatic heterocycles. The third kappa shape index (κ3) is 7.26. The van der Waals surface area contributed by atoms with Gasteiger partial charge in [0.2, 0.25) is 0 Å². The first-order valence-electron chi connectivity index (χ1n) is 18.9. The van der Waals surface area contributed by atoms with Gasteiger partial charge in [0, 0.05) is 66.5 Å². The topological polar surface area (TPSA) is 100 Å². The Morgan fingerprint density at radius 3 is 2.55 bits per heavy atom. The number of β-amino-alcohol motifs (C(OH)–C–C–N with tert-alkyl or cyclic N) is 1. The molecule has 0 spiro atoms. The molecule has 1 aliphatic carbocycles. The van der Waals surface area contributed by atoms with Crippen LogP contribution in [0.3, 0.4) is 0 Å². The number of alkyl halides is 2. The van der Waals surface area contributed by atoms with Crippen LogP contribution in [0.2, 0.25) is 5.02 Å². The average Bonchev–Trinajstić information content (AvgIpc) is 3.77. The Morgan fingerprint density at radius 1 is 1.02 bits per heavy atom. The summed E-state index contributed by atoms with van der Waals surface area (Å²) < 4.78 is 39.4. The lowest BCUT2D eigenvalue weighted by atomic mass is 9.92. The summed E-state index contributed by atoms with van der Waals surface area (Å²) in [6, 6.07) is 21.9. The minimum atomic E-state index is -2.85. The van der Waals surface area contributed by atoms with Gasteiger partial charge in [-0.1, -0.05) is 54.1 Å². The Hall–Kier alpha value is -4.68. The van der Waals surface area contributed by atoms with Gasteiger partial charge in [-0.3, -0.25) is 14.6 Å². The molecular weight excluding hydrogens is 724 g/mol. The van der Waals surface area contributed by atoms with E-state index in [0.29, 0.717) is 60.2 Å². The molecule has 2 N–H and O–H groups in total. The monoisotopic (exact) mass is 767 g/mol. The molecule has 9 nitrogen and oxygen atoms in total. The summed E-state index contributed by atoms with van der Waals surface area (Å²) in [7, 11) is 1.69. The van der Waals surface area contributed by atoms with Gasteiger partial charge in [0.25, 0.3) is 6.43 Å². The molecule has 2 fully saturated rings. The predicted molar refractivity (Wildman–Crippen MR) is 210 cm³/mol. The minimum absolute atomic E-state index is 0.0849. The maximum absolute atomic E-state index is 14.1. The number of rotatable bonds is 11. The van der Waals surface area contributed by atoms with Crippen molar-refractivity contribution in [3.8, 4) is 28.0 Å². The molecule has 4 aromatic carbocycles. The number of aromatic nitrogens is 2. The number of hydrogen-bond donors (Lipinski definition) is 2. The number of likely N-dealkylation sites (tertiary alicyclic amines) is 2. The van der Waals surface area contributed by atoms with Crippen LogP contribution in [0.25, 0.3) is 33.2 Å². The first kappa shape index (κ1) is 37.3. The van der Waals surface area contributed by atoms with E-state index in [-0.39, 0.29) is 24.0 Å². The van der Waals surface area contributed by atoms with E-state index >= 15 is 0 Å². The van der Waals surface area contributed by atoms with Crippen molar-refractivity contribution in [3.05, 3.63) is 99.8 Å². The van der Waals surface area contributed by atoms with Crippen molar-refractivity contribution in [1.29, 1.82) is 0 Å². The maximum atomic E-state index is 14.1. The average molecular weight is 768 g/mol. The number of nitrogens with one attached hydrogen (secondary N) is 1. The van der Waals surface area contributed by atoms with E-state index < -0.39 is 12.2 Å². The lowest BCUT2D eigenvalue weighted by Crippen LogP contribution is -2.51. The number of methoxy groups -OCH3 is 1.